The molecular formula is C19H25ClN2O2. The predicted octanol–water partition coefficient (Wildman–Crippen LogP) is 3.59. The molecule has 1 heterocycles. The number of pyridine rings is 1. The smallest absolute Gasteiger partial charge is 0.0898 e. The first-order valence-corrected chi connectivity index (χ1v) is 8.45. The summed E-state index contributed by atoms with van der Waals surface area (Å²) in [5, 5.41) is 14.2. The highest BCUT2D eigenvalue weighted by Gasteiger charge is 2.18. The first-order valence-electron chi connectivity index (χ1n) is 8.07. The Bertz CT molecular complexity index is 629. The van der Waals surface area contributed by atoms with E-state index in [1.807, 2.05) is 63.2 Å². The van der Waals surface area contributed by atoms with Gasteiger partial charge in [0.2, 0.25) is 0 Å². The van der Waals surface area contributed by atoms with Crippen LogP contribution < -0.4 is 5.32 Å². The minimum absolute atomic E-state index is 0.144. The Morgan fingerprint density at radius 2 is 2.00 bits per heavy atom. The number of ether oxygens (including phenoxy) is 1. The molecule has 1 aromatic heterocycles. The van der Waals surface area contributed by atoms with E-state index in [1.165, 1.54) is 0 Å². The molecule has 1 aromatic carbocycles. The van der Waals surface area contributed by atoms with E-state index in [-0.39, 0.29) is 18.2 Å². The molecule has 0 aliphatic carbocycles. The second kappa shape index (κ2) is 8.58. The number of nitrogens with one attached hydrogen (secondary N) is 1. The average Bonchev–Trinajstić information content (AvgIpc) is 2.54. The van der Waals surface area contributed by atoms with Crippen molar-refractivity contribution in [2.45, 2.75) is 38.5 Å². The second-order valence-corrected chi connectivity index (χ2v) is 7.16. The number of halogens is 1. The van der Waals surface area contributed by atoms with Crippen LogP contribution in [0, 0.1) is 0 Å². The first-order chi connectivity index (χ1) is 11.3. The van der Waals surface area contributed by atoms with Crippen molar-refractivity contribution >= 4 is 11.6 Å². The highest BCUT2D eigenvalue weighted by molar-refractivity contribution is 6.30. The Kier molecular flexibility index (Phi) is 6.75. The van der Waals surface area contributed by atoms with Crippen LogP contribution in [0.1, 0.15) is 38.1 Å². The van der Waals surface area contributed by atoms with Crippen molar-refractivity contribution in [1.82, 2.24) is 10.3 Å². The van der Waals surface area contributed by atoms with E-state index in [2.05, 4.69) is 10.3 Å². The first kappa shape index (κ1) is 18.9. The van der Waals surface area contributed by atoms with Gasteiger partial charge in [0.05, 0.1) is 30.0 Å². The Morgan fingerprint density at radius 1 is 1.21 bits per heavy atom. The number of rotatable bonds is 7. The normalized spacial score (nSPS) is 14.4. The summed E-state index contributed by atoms with van der Waals surface area (Å²) in [7, 11) is 0. The van der Waals surface area contributed by atoms with Crippen LogP contribution in [-0.4, -0.2) is 34.9 Å². The van der Waals surface area contributed by atoms with Crippen molar-refractivity contribution in [3.05, 3.63) is 64.9 Å². The van der Waals surface area contributed by atoms with Gasteiger partial charge in [-0.15, -0.1) is 0 Å². The minimum atomic E-state index is -0.602. The molecule has 5 heteroatoms. The molecule has 0 saturated carbocycles. The van der Waals surface area contributed by atoms with E-state index in [4.69, 9.17) is 16.3 Å². The molecule has 0 aliphatic heterocycles. The summed E-state index contributed by atoms with van der Waals surface area (Å²) in [4.78, 5) is 4.43. The fourth-order valence-corrected chi connectivity index (χ4v) is 2.48. The Hall–Kier alpha value is -1.46. The number of hydrogen-bond donors (Lipinski definition) is 2. The summed E-state index contributed by atoms with van der Waals surface area (Å²) in [6, 6.07) is 13.3. The van der Waals surface area contributed by atoms with Crippen LogP contribution in [0.2, 0.25) is 5.02 Å². The van der Waals surface area contributed by atoms with E-state index in [9.17, 15) is 5.11 Å². The predicted molar refractivity (Wildman–Crippen MR) is 97.2 cm³/mol. The van der Waals surface area contributed by atoms with Gasteiger partial charge in [-0.3, -0.25) is 4.98 Å². The molecule has 2 N–H and O–H groups in total. The second-order valence-electron chi connectivity index (χ2n) is 6.73. The highest BCUT2D eigenvalue weighted by atomic mass is 35.5. The number of aromatic nitrogens is 1. The summed E-state index contributed by atoms with van der Waals surface area (Å²) in [5.74, 6) is 0. The summed E-state index contributed by atoms with van der Waals surface area (Å²) in [6.45, 7) is 6.58. The summed E-state index contributed by atoms with van der Waals surface area (Å²) >= 11 is 6.12. The third kappa shape index (κ3) is 6.21. The minimum Gasteiger partial charge on any atom is -0.389 e. The molecule has 4 nitrogen and oxygen atoms in total. The molecule has 2 atom stereocenters. The Labute approximate surface area is 148 Å². The molecule has 0 fully saturated rings. The fourth-order valence-electron chi connectivity index (χ4n) is 2.29. The lowest BCUT2D eigenvalue weighted by Crippen LogP contribution is -2.36. The Morgan fingerprint density at radius 3 is 2.62 bits per heavy atom. The molecule has 2 rings (SSSR count). The number of nitrogens with zero attached hydrogens (tertiary/aromatic N) is 1. The van der Waals surface area contributed by atoms with Gasteiger partial charge in [-0.1, -0.05) is 29.8 Å². The van der Waals surface area contributed by atoms with Gasteiger partial charge < -0.3 is 15.2 Å². The maximum Gasteiger partial charge on any atom is 0.0898 e. The molecule has 0 amide bonds. The van der Waals surface area contributed by atoms with Crippen molar-refractivity contribution in [1.29, 1.82) is 0 Å². The molecule has 2 unspecified atom stereocenters. The molecule has 0 saturated heterocycles. The standard InChI is InChI=1S/C19H25ClN2O2/c1-19(2,3)24-13-16(23)12-22-18(17-9-4-5-10-21-17)14-7-6-8-15(20)11-14/h4-11,16,18,22-23H,12-13H2,1-3H3. The van der Waals surface area contributed by atoms with Crippen LogP contribution in [-0.2, 0) is 4.74 Å². The molecule has 0 bridgehead atoms. The Balaban J connectivity index is 2.07. The maximum absolute atomic E-state index is 10.2. The number of aliphatic hydroxyl groups is 1. The van der Waals surface area contributed by atoms with E-state index < -0.39 is 6.10 Å². The lowest BCUT2D eigenvalue weighted by molar-refractivity contribution is -0.0482. The van der Waals surface area contributed by atoms with Crippen molar-refractivity contribution < 1.29 is 9.84 Å². The molecule has 24 heavy (non-hydrogen) atoms. The largest absolute Gasteiger partial charge is 0.389 e. The summed E-state index contributed by atoms with van der Waals surface area (Å²) < 4.78 is 5.63. The molecule has 130 valence electrons. The van der Waals surface area contributed by atoms with Gasteiger partial charge in [-0.2, -0.15) is 0 Å². The number of hydrogen-bond acceptors (Lipinski definition) is 4. The third-order valence-corrected chi connectivity index (χ3v) is 3.67. The topological polar surface area (TPSA) is 54.4 Å². The van der Waals surface area contributed by atoms with Crippen LogP contribution in [0.15, 0.2) is 48.7 Å². The van der Waals surface area contributed by atoms with Gasteiger partial charge in [-0.05, 0) is 50.6 Å². The quantitative estimate of drug-likeness (QED) is 0.802. The van der Waals surface area contributed by atoms with Crippen LogP contribution in [0.25, 0.3) is 0 Å². The van der Waals surface area contributed by atoms with Crippen molar-refractivity contribution in [3.8, 4) is 0 Å². The summed E-state index contributed by atoms with van der Waals surface area (Å²) in [6.07, 6.45) is 1.16. The zero-order chi connectivity index (χ0) is 17.6. The molecule has 2 aromatic rings. The zero-order valence-corrected chi connectivity index (χ0v) is 15.1. The van der Waals surface area contributed by atoms with Crippen molar-refractivity contribution in [2.24, 2.45) is 0 Å². The van der Waals surface area contributed by atoms with E-state index in [0.717, 1.165) is 11.3 Å². The van der Waals surface area contributed by atoms with E-state index >= 15 is 0 Å². The monoisotopic (exact) mass is 348 g/mol. The SMILES string of the molecule is CC(C)(C)OCC(O)CNC(c1cccc(Cl)c1)c1ccccn1. The third-order valence-electron chi connectivity index (χ3n) is 3.43. The van der Waals surface area contributed by atoms with Gasteiger partial charge in [0.25, 0.3) is 0 Å². The zero-order valence-electron chi connectivity index (χ0n) is 14.4. The van der Waals surface area contributed by atoms with Gasteiger partial charge in [0.15, 0.2) is 0 Å². The molecule has 0 spiro atoms. The van der Waals surface area contributed by atoms with Gasteiger partial charge >= 0.3 is 0 Å². The van der Waals surface area contributed by atoms with Crippen molar-refractivity contribution in [3.63, 3.8) is 0 Å². The van der Waals surface area contributed by atoms with Crippen LogP contribution in [0.3, 0.4) is 0 Å². The van der Waals surface area contributed by atoms with E-state index in [1.54, 1.807) is 6.20 Å². The van der Waals surface area contributed by atoms with Crippen LogP contribution in [0.4, 0.5) is 0 Å². The fraction of sp³-hybridized carbons (Fsp3) is 0.421. The number of aliphatic hydroxyl groups excluding tert-OH is 1. The molecule has 0 aliphatic rings. The van der Waals surface area contributed by atoms with Gasteiger partial charge in [-0.25, -0.2) is 0 Å². The summed E-state index contributed by atoms with van der Waals surface area (Å²) in [5.41, 5.74) is 1.61. The average molecular weight is 349 g/mol. The maximum atomic E-state index is 10.2. The lowest BCUT2D eigenvalue weighted by Gasteiger charge is -2.24. The van der Waals surface area contributed by atoms with Gasteiger partial charge in [0, 0.05) is 17.8 Å². The number of benzene rings is 1. The van der Waals surface area contributed by atoms with Crippen LogP contribution in [0.5, 0.6) is 0 Å². The molecular weight excluding hydrogens is 324 g/mol. The van der Waals surface area contributed by atoms with E-state index in [0.29, 0.717) is 11.6 Å². The highest BCUT2D eigenvalue weighted by Crippen LogP contribution is 2.23. The van der Waals surface area contributed by atoms with Crippen LogP contribution >= 0.6 is 11.6 Å². The van der Waals surface area contributed by atoms with Crippen molar-refractivity contribution in [2.75, 3.05) is 13.2 Å². The lowest BCUT2D eigenvalue weighted by atomic mass is 10.0. The molecule has 0 radical (unpaired) electrons. The van der Waals surface area contributed by atoms with Gasteiger partial charge in [0.1, 0.15) is 0 Å².